The average molecular weight is 581 g/mol. The Labute approximate surface area is 252 Å². The van der Waals surface area contributed by atoms with Crippen LogP contribution in [0.1, 0.15) is 89.9 Å². The predicted molar refractivity (Wildman–Crippen MR) is 164 cm³/mol. The zero-order valence-corrected chi connectivity index (χ0v) is 26.3. The van der Waals surface area contributed by atoms with E-state index in [1.165, 1.54) is 19.3 Å². The van der Waals surface area contributed by atoms with Gasteiger partial charge >= 0.3 is 0 Å². The van der Waals surface area contributed by atoms with Crippen LogP contribution in [0.5, 0.6) is 0 Å². The summed E-state index contributed by atoms with van der Waals surface area (Å²) in [6, 6.07) is 8.34. The number of carbonyl (C=O) groups excluding carboxylic acids is 2. The molecule has 9 atom stereocenters. The van der Waals surface area contributed by atoms with Gasteiger partial charge in [-0.1, -0.05) is 45.0 Å². The number of aliphatic hydroxyl groups is 1. The van der Waals surface area contributed by atoms with E-state index in [9.17, 15) is 14.7 Å². The first-order valence-corrected chi connectivity index (χ1v) is 16.2. The molecule has 7 nitrogen and oxygen atoms in total. The normalized spacial score (nSPS) is 36.1. The number of nitrogens with one attached hydrogen (secondary N) is 1. The van der Waals surface area contributed by atoms with Crippen molar-refractivity contribution in [2.75, 3.05) is 19.8 Å². The minimum atomic E-state index is -0.665. The third-order valence-corrected chi connectivity index (χ3v) is 11.3. The number of ether oxygens (including phenoxy) is 2. The Morgan fingerprint density at radius 2 is 1.88 bits per heavy atom. The summed E-state index contributed by atoms with van der Waals surface area (Å²) in [6.45, 7) is 15.6. The minimum Gasteiger partial charge on any atom is -0.392 e. The largest absolute Gasteiger partial charge is 0.392 e. The van der Waals surface area contributed by atoms with Gasteiger partial charge in [-0.2, -0.15) is 0 Å². The predicted octanol–water partition coefficient (Wildman–Crippen LogP) is 5.38. The highest BCUT2D eigenvalue weighted by atomic mass is 16.5. The quantitative estimate of drug-likeness (QED) is 0.363. The third kappa shape index (κ3) is 5.69. The monoisotopic (exact) mass is 580 g/mol. The molecule has 3 saturated heterocycles. The Morgan fingerprint density at radius 3 is 2.57 bits per heavy atom. The van der Waals surface area contributed by atoms with Crippen LogP contribution in [0.3, 0.4) is 0 Å². The number of rotatable bonds is 10. The second kappa shape index (κ2) is 12.4. The molecular formula is C35H52N2O5. The van der Waals surface area contributed by atoms with Crippen LogP contribution in [0, 0.1) is 29.1 Å². The van der Waals surface area contributed by atoms with Gasteiger partial charge in [0.15, 0.2) is 0 Å². The molecule has 7 heteroatoms. The first-order chi connectivity index (χ1) is 20.0. The summed E-state index contributed by atoms with van der Waals surface area (Å²) in [5, 5.41) is 12.4. The van der Waals surface area contributed by atoms with Gasteiger partial charge in [0.25, 0.3) is 5.91 Å². The topological polar surface area (TPSA) is 88.1 Å². The molecular weight excluding hydrogens is 528 g/mol. The zero-order chi connectivity index (χ0) is 30.2. The number of hydrogen-bond donors (Lipinski definition) is 2. The molecule has 2 N–H and O–H groups in total. The maximum atomic E-state index is 13.8. The number of fused-ring (bicyclic) bond motifs is 2. The van der Waals surface area contributed by atoms with Crippen molar-refractivity contribution in [3.8, 4) is 0 Å². The van der Waals surface area contributed by atoms with Crippen molar-refractivity contribution in [1.29, 1.82) is 0 Å². The molecule has 1 aromatic carbocycles. The molecule has 3 unspecified atom stereocenters. The molecule has 5 aliphatic rings. The second-order valence-electron chi connectivity index (χ2n) is 14.3. The number of carbonyl (C=O) groups is 2. The van der Waals surface area contributed by atoms with Crippen molar-refractivity contribution in [2.45, 2.75) is 109 Å². The van der Waals surface area contributed by atoms with Crippen LogP contribution in [0.4, 0.5) is 0 Å². The molecule has 232 valence electrons. The highest BCUT2D eigenvalue weighted by Gasteiger charge is 2.65. The van der Waals surface area contributed by atoms with Crippen LogP contribution in [0.15, 0.2) is 42.5 Å². The fourth-order valence-corrected chi connectivity index (χ4v) is 9.05. The van der Waals surface area contributed by atoms with Crippen molar-refractivity contribution < 1.29 is 24.2 Å². The van der Waals surface area contributed by atoms with Gasteiger partial charge in [0.2, 0.25) is 5.91 Å². The minimum absolute atomic E-state index is 0.0196. The summed E-state index contributed by atoms with van der Waals surface area (Å²) in [4.78, 5) is 29.3. The molecule has 5 fully saturated rings. The van der Waals surface area contributed by atoms with E-state index in [0.717, 1.165) is 19.4 Å². The van der Waals surface area contributed by atoms with Gasteiger partial charge in [-0.05, 0) is 94.3 Å². The van der Waals surface area contributed by atoms with Crippen LogP contribution in [0.2, 0.25) is 0 Å². The van der Waals surface area contributed by atoms with Gasteiger partial charge in [-0.3, -0.25) is 9.59 Å². The zero-order valence-electron chi connectivity index (χ0n) is 26.3. The van der Waals surface area contributed by atoms with E-state index in [2.05, 4.69) is 32.7 Å². The highest BCUT2D eigenvalue weighted by Crippen LogP contribution is 2.64. The van der Waals surface area contributed by atoms with Gasteiger partial charge in [-0.15, -0.1) is 0 Å². The molecule has 3 heterocycles. The number of hydrogen-bond acceptors (Lipinski definition) is 5. The van der Waals surface area contributed by atoms with Crippen molar-refractivity contribution in [1.82, 2.24) is 10.2 Å². The van der Waals surface area contributed by atoms with Gasteiger partial charge < -0.3 is 24.8 Å². The van der Waals surface area contributed by atoms with Gasteiger partial charge in [0.05, 0.1) is 31.0 Å². The molecule has 2 aliphatic carbocycles. The molecule has 0 radical (unpaired) electrons. The Hall–Kier alpha value is -2.22. The smallest absolute Gasteiger partial charge is 0.254 e. The van der Waals surface area contributed by atoms with E-state index in [1.807, 2.05) is 32.0 Å². The van der Waals surface area contributed by atoms with E-state index in [0.29, 0.717) is 47.6 Å². The van der Waals surface area contributed by atoms with E-state index in [1.54, 1.807) is 17.0 Å². The summed E-state index contributed by atoms with van der Waals surface area (Å²) < 4.78 is 13.8. The molecule has 42 heavy (non-hydrogen) atoms. The number of amides is 2. The van der Waals surface area contributed by atoms with Crippen LogP contribution in [0.25, 0.3) is 0 Å². The Bertz CT molecular complexity index is 1140. The van der Waals surface area contributed by atoms with E-state index in [4.69, 9.17) is 9.47 Å². The van der Waals surface area contributed by atoms with Crippen molar-refractivity contribution in [2.24, 2.45) is 29.1 Å². The SMILES string of the molecule is C=C(CO)CNC(=O)C(CC[C@H]1O[C@@H]2C[C@]3(C)CCC4[C@H](C)CCC([C@H]1C)[C@]42CO3)N(C(=O)c1ccccc1)C(C)C. The molecule has 6 rings (SSSR count). The highest BCUT2D eigenvalue weighted by molar-refractivity contribution is 5.97. The van der Waals surface area contributed by atoms with E-state index >= 15 is 0 Å². The van der Waals surface area contributed by atoms with Crippen LogP contribution in [-0.2, 0) is 14.3 Å². The Kier molecular flexibility index (Phi) is 9.22. The second-order valence-corrected chi connectivity index (χ2v) is 14.3. The molecule has 1 spiro atoms. The first-order valence-electron chi connectivity index (χ1n) is 16.2. The summed E-state index contributed by atoms with van der Waals surface area (Å²) >= 11 is 0. The van der Waals surface area contributed by atoms with Crippen LogP contribution < -0.4 is 5.32 Å². The maximum absolute atomic E-state index is 13.8. The lowest BCUT2D eigenvalue weighted by Crippen LogP contribution is -2.65. The van der Waals surface area contributed by atoms with Crippen molar-refractivity contribution >= 4 is 11.8 Å². The van der Waals surface area contributed by atoms with Crippen LogP contribution >= 0.6 is 0 Å². The maximum Gasteiger partial charge on any atom is 0.254 e. The molecule has 1 aromatic rings. The molecule has 2 bridgehead atoms. The van der Waals surface area contributed by atoms with Gasteiger partial charge in [0.1, 0.15) is 6.04 Å². The lowest BCUT2D eigenvalue weighted by atomic mass is 9.49. The lowest BCUT2D eigenvalue weighted by Gasteiger charge is -2.63. The van der Waals surface area contributed by atoms with Crippen LogP contribution in [-0.4, -0.2) is 71.5 Å². The standard InChI is InChI=1S/C35H52N2O5/c1-22(2)37(33(40)26-10-8-7-9-11-26)29(32(39)36-19-23(3)20-38)14-15-30-25(5)28-13-12-24(4)27-16-17-34(6)18-31(42-30)35(27,28)21-41-34/h7-11,22,24-25,27-31,38H,3,12-21H2,1-2,4-6H3,(H,36,39)/t24-,25-,27?,28?,29?,30-,31-,34+,35+/m1/s1. The molecule has 2 saturated carbocycles. The number of benzene rings is 1. The summed E-state index contributed by atoms with van der Waals surface area (Å²) in [7, 11) is 0. The van der Waals surface area contributed by atoms with E-state index < -0.39 is 6.04 Å². The fourth-order valence-electron chi connectivity index (χ4n) is 9.05. The summed E-state index contributed by atoms with van der Waals surface area (Å²) in [5.74, 6) is 1.83. The van der Waals surface area contributed by atoms with Gasteiger partial charge in [0, 0.05) is 30.0 Å². The third-order valence-electron chi connectivity index (χ3n) is 11.3. The Morgan fingerprint density at radius 1 is 1.14 bits per heavy atom. The number of nitrogens with zero attached hydrogens (tertiary/aromatic N) is 1. The Balaban J connectivity index is 1.40. The summed E-state index contributed by atoms with van der Waals surface area (Å²) in [6.07, 6.45) is 7.11. The lowest BCUT2D eigenvalue weighted by molar-refractivity contribution is -0.287. The molecule has 2 amide bonds. The first kappa shape index (κ1) is 31.2. The average Bonchev–Trinajstić information content (AvgIpc) is 3.21. The van der Waals surface area contributed by atoms with Gasteiger partial charge in [-0.25, -0.2) is 0 Å². The molecule has 3 aliphatic heterocycles. The fraction of sp³-hybridized carbons (Fsp3) is 0.714. The van der Waals surface area contributed by atoms with Crippen molar-refractivity contribution in [3.63, 3.8) is 0 Å². The summed E-state index contributed by atoms with van der Waals surface area (Å²) in [5.41, 5.74) is 1.05. The van der Waals surface area contributed by atoms with E-state index in [-0.39, 0.29) is 54.2 Å². The van der Waals surface area contributed by atoms with Crippen molar-refractivity contribution in [3.05, 3.63) is 48.0 Å². The number of aliphatic hydroxyl groups excluding tert-OH is 1. The molecule has 0 aromatic heterocycles.